The first kappa shape index (κ1) is 30.1. The monoisotopic (exact) mass is 575 g/mol. The Morgan fingerprint density at radius 1 is 1.03 bits per heavy atom. The number of carbonyl (C=O) groups excluding carboxylic acids is 1. The SMILES string of the molecule is COc1ccc(CCN(Cc2ccc(C)s2)C(=O)CN(C(C)C)S(=O)(=O)c2ccc([N+](=O)[O-])cc2)cc1OC. The summed E-state index contributed by atoms with van der Waals surface area (Å²) in [5.41, 5.74) is 0.723. The summed E-state index contributed by atoms with van der Waals surface area (Å²) >= 11 is 1.58. The van der Waals surface area contributed by atoms with Gasteiger partial charge in [-0.1, -0.05) is 6.07 Å². The molecule has 0 unspecified atom stereocenters. The maximum Gasteiger partial charge on any atom is 0.269 e. The highest BCUT2D eigenvalue weighted by atomic mass is 32.2. The number of methoxy groups -OCH3 is 2. The molecule has 0 aliphatic heterocycles. The fourth-order valence-electron chi connectivity index (χ4n) is 4.00. The van der Waals surface area contributed by atoms with Crippen LogP contribution in [-0.2, 0) is 27.8 Å². The Bertz CT molecular complexity index is 1400. The summed E-state index contributed by atoms with van der Waals surface area (Å²) in [6, 6.07) is 13.7. The molecule has 0 N–H and O–H groups in total. The highest BCUT2D eigenvalue weighted by molar-refractivity contribution is 7.89. The van der Waals surface area contributed by atoms with Crippen molar-refractivity contribution < 1.29 is 27.6 Å². The van der Waals surface area contributed by atoms with Crippen LogP contribution in [0, 0.1) is 17.0 Å². The number of hydrogen-bond acceptors (Lipinski definition) is 8. The van der Waals surface area contributed by atoms with Crippen LogP contribution in [0.4, 0.5) is 5.69 Å². The largest absolute Gasteiger partial charge is 0.493 e. The van der Waals surface area contributed by atoms with Gasteiger partial charge in [-0.05, 0) is 69.2 Å². The van der Waals surface area contributed by atoms with Crippen molar-refractivity contribution in [2.75, 3.05) is 27.3 Å². The van der Waals surface area contributed by atoms with E-state index in [1.54, 1.807) is 50.4 Å². The lowest BCUT2D eigenvalue weighted by Crippen LogP contribution is -2.46. The molecule has 0 saturated heterocycles. The van der Waals surface area contributed by atoms with Crippen LogP contribution >= 0.6 is 11.3 Å². The van der Waals surface area contributed by atoms with Gasteiger partial charge < -0.3 is 14.4 Å². The van der Waals surface area contributed by atoms with E-state index in [9.17, 15) is 23.3 Å². The average Bonchev–Trinajstić information content (AvgIpc) is 3.33. The van der Waals surface area contributed by atoms with Crippen LogP contribution in [0.2, 0.25) is 0 Å². The number of nitro benzene ring substituents is 1. The summed E-state index contributed by atoms with van der Waals surface area (Å²) in [6.07, 6.45) is 0.521. The molecule has 0 bridgehead atoms. The van der Waals surface area contributed by atoms with Crippen molar-refractivity contribution in [2.45, 2.75) is 44.7 Å². The van der Waals surface area contributed by atoms with Gasteiger partial charge in [0.25, 0.3) is 5.69 Å². The van der Waals surface area contributed by atoms with E-state index >= 15 is 0 Å². The first-order valence-corrected chi connectivity index (χ1v) is 14.5. The molecule has 3 aromatic rings. The number of amides is 1. The van der Waals surface area contributed by atoms with Crippen molar-refractivity contribution >= 4 is 33.0 Å². The smallest absolute Gasteiger partial charge is 0.269 e. The zero-order valence-electron chi connectivity index (χ0n) is 22.6. The van der Waals surface area contributed by atoms with E-state index in [0.29, 0.717) is 31.0 Å². The number of nitrogens with zero attached hydrogens (tertiary/aromatic N) is 3. The standard InChI is InChI=1S/C27H33N3O7S2/c1-19(2)29(39(34,35)24-11-8-22(9-12-24)30(32)33)18-27(31)28(17-23-10-6-20(3)38-23)15-14-21-7-13-25(36-4)26(16-21)37-5/h6-13,16,19H,14-15,17-18H2,1-5H3. The molecule has 12 heteroatoms. The fourth-order valence-corrected chi connectivity index (χ4v) is 6.50. The lowest BCUT2D eigenvalue weighted by Gasteiger charge is -2.29. The van der Waals surface area contributed by atoms with Crippen molar-refractivity contribution in [3.8, 4) is 11.5 Å². The second kappa shape index (κ2) is 13.0. The minimum atomic E-state index is -4.09. The second-order valence-corrected chi connectivity index (χ2v) is 12.4. The van der Waals surface area contributed by atoms with Crippen LogP contribution in [0.3, 0.4) is 0 Å². The van der Waals surface area contributed by atoms with Gasteiger partial charge >= 0.3 is 0 Å². The number of non-ortho nitro benzene ring substituents is 1. The van der Waals surface area contributed by atoms with E-state index < -0.39 is 21.0 Å². The summed E-state index contributed by atoms with van der Waals surface area (Å²) in [7, 11) is -0.969. The lowest BCUT2D eigenvalue weighted by molar-refractivity contribution is -0.384. The Labute approximate surface area is 233 Å². The third-order valence-electron chi connectivity index (χ3n) is 6.13. The molecule has 39 heavy (non-hydrogen) atoms. The zero-order valence-corrected chi connectivity index (χ0v) is 24.3. The number of thiophene rings is 1. The van der Waals surface area contributed by atoms with Crippen LogP contribution in [0.1, 0.15) is 29.2 Å². The lowest BCUT2D eigenvalue weighted by atomic mass is 10.1. The number of hydrogen-bond donors (Lipinski definition) is 0. The Kier molecular flexibility index (Phi) is 10.1. The molecule has 0 aliphatic carbocycles. The number of nitro groups is 1. The van der Waals surface area contributed by atoms with E-state index in [2.05, 4.69) is 0 Å². The van der Waals surface area contributed by atoms with Crippen molar-refractivity contribution in [3.05, 3.63) is 80.0 Å². The highest BCUT2D eigenvalue weighted by Crippen LogP contribution is 2.28. The maximum atomic E-state index is 13.6. The van der Waals surface area contributed by atoms with Gasteiger partial charge in [-0.25, -0.2) is 8.42 Å². The van der Waals surface area contributed by atoms with Crippen molar-refractivity contribution in [2.24, 2.45) is 0 Å². The third kappa shape index (κ3) is 7.55. The van der Waals surface area contributed by atoms with E-state index in [4.69, 9.17) is 9.47 Å². The summed E-state index contributed by atoms with van der Waals surface area (Å²) in [6.45, 7) is 5.69. The number of carbonyl (C=O) groups is 1. The van der Waals surface area contributed by atoms with Gasteiger partial charge in [0.05, 0.1) is 37.1 Å². The van der Waals surface area contributed by atoms with E-state index in [1.165, 1.54) is 12.1 Å². The Hall–Kier alpha value is -3.48. The zero-order chi connectivity index (χ0) is 28.7. The number of benzene rings is 2. The highest BCUT2D eigenvalue weighted by Gasteiger charge is 2.31. The molecule has 210 valence electrons. The van der Waals surface area contributed by atoms with E-state index in [1.807, 2.05) is 31.2 Å². The second-order valence-electron chi connectivity index (χ2n) is 9.16. The topological polar surface area (TPSA) is 119 Å². The van der Waals surface area contributed by atoms with Crippen molar-refractivity contribution in [1.29, 1.82) is 0 Å². The molecular weight excluding hydrogens is 542 g/mol. The molecule has 0 radical (unpaired) electrons. The van der Waals surface area contributed by atoms with Crippen LogP contribution in [0.5, 0.6) is 11.5 Å². The molecule has 0 atom stereocenters. The fraction of sp³-hybridized carbons (Fsp3) is 0.370. The molecule has 1 aromatic heterocycles. The van der Waals surface area contributed by atoms with Gasteiger partial charge in [0.2, 0.25) is 15.9 Å². The minimum Gasteiger partial charge on any atom is -0.493 e. The number of aryl methyl sites for hydroxylation is 1. The Morgan fingerprint density at radius 3 is 2.23 bits per heavy atom. The molecule has 3 rings (SSSR count). The van der Waals surface area contributed by atoms with Gasteiger partial charge in [-0.15, -0.1) is 11.3 Å². The third-order valence-corrected chi connectivity index (χ3v) is 9.16. The van der Waals surface area contributed by atoms with Crippen LogP contribution in [-0.4, -0.2) is 61.8 Å². The molecule has 2 aromatic carbocycles. The molecular formula is C27H33N3O7S2. The van der Waals surface area contributed by atoms with Gasteiger partial charge in [0.15, 0.2) is 11.5 Å². The van der Waals surface area contributed by atoms with Crippen molar-refractivity contribution in [1.82, 2.24) is 9.21 Å². The number of rotatable bonds is 13. The molecule has 1 amide bonds. The Morgan fingerprint density at radius 2 is 1.69 bits per heavy atom. The quantitative estimate of drug-likeness (QED) is 0.215. The summed E-state index contributed by atoms with van der Waals surface area (Å²) in [5.74, 6) is 0.843. The maximum absolute atomic E-state index is 13.6. The van der Waals surface area contributed by atoms with Gasteiger partial charge in [-0.2, -0.15) is 4.31 Å². The molecule has 10 nitrogen and oxygen atoms in total. The molecule has 0 saturated carbocycles. The van der Waals surface area contributed by atoms with Gasteiger partial charge in [-0.3, -0.25) is 14.9 Å². The van der Waals surface area contributed by atoms with Crippen LogP contribution in [0.25, 0.3) is 0 Å². The normalized spacial score (nSPS) is 11.6. The number of ether oxygens (including phenoxy) is 2. The molecule has 0 fully saturated rings. The minimum absolute atomic E-state index is 0.111. The van der Waals surface area contributed by atoms with Crippen LogP contribution in [0.15, 0.2) is 59.5 Å². The number of sulfonamides is 1. The van der Waals surface area contributed by atoms with E-state index in [-0.39, 0.29) is 23.0 Å². The first-order chi connectivity index (χ1) is 18.5. The predicted octanol–water partition coefficient (Wildman–Crippen LogP) is 4.65. The van der Waals surface area contributed by atoms with Crippen LogP contribution < -0.4 is 9.47 Å². The first-order valence-electron chi connectivity index (χ1n) is 12.3. The summed E-state index contributed by atoms with van der Waals surface area (Å²) in [4.78, 5) is 27.7. The Balaban J connectivity index is 1.85. The predicted molar refractivity (Wildman–Crippen MR) is 150 cm³/mol. The summed E-state index contributed by atoms with van der Waals surface area (Å²) in [5, 5.41) is 11.0. The van der Waals surface area contributed by atoms with Gasteiger partial charge in [0.1, 0.15) is 0 Å². The van der Waals surface area contributed by atoms with E-state index in [0.717, 1.165) is 31.8 Å². The molecule has 0 aliphatic rings. The summed E-state index contributed by atoms with van der Waals surface area (Å²) < 4.78 is 38.7. The average molecular weight is 576 g/mol. The molecule has 0 spiro atoms. The van der Waals surface area contributed by atoms with Gasteiger partial charge in [0, 0.05) is 34.5 Å². The van der Waals surface area contributed by atoms with Crippen molar-refractivity contribution in [3.63, 3.8) is 0 Å². The molecule has 1 heterocycles.